The summed E-state index contributed by atoms with van der Waals surface area (Å²) in [4.78, 5) is 29.3. The number of hydrogen-bond donors (Lipinski definition) is 0. The zero-order valence-electron chi connectivity index (χ0n) is 17.1. The monoisotopic (exact) mass is 408 g/mol. The number of nitrogens with zero attached hydrogens (tertiary/aromatic N) is 2. The summed E-state index contributed by atoms with van der Waals surface area (Å²) in [5, 5.41) is 0. The predicted molar refractivity (Wildman–Crippen MR) is 112 cm³/mol. The molecule has 3 rings (SSSR count). The fraction of sp³-hybridized carbons (Fsp3) is 0.250. The van der Waals surface area contributed by atoms with E-state index in [1.54, 1.807) is 23.3 Å². The van der Waals surface area contributed by atoms with E-state index >= 15 is 0 Å². The van der Waals surface area contributed by atoms with E-state index in [2.05, 4.69) is 0 Å². The van der Waals surface area contributed by atoms with E-state index in [0.29, 0.717) is 18.8 Å². The molecule has 1 aromatic heterocycles. The number of furan rings is 1. The third-order valence-electron chi connectivity index (χ3n) is 4.76. The highest BCUT2D eigenvalue weighted by Gasteiger charge is 2.25. The molecule has 0 bridgehead atoms. The van der Waals surface area contributed by atoms with Crippen LogP contribution in [0, 0.1) is 5.82 Å². The number of halogens is 1. The van der Waals surface area contributed by atoms with Crippen molar-refractivity contribution < 1.29 is 18.4 Å². The molecule has 0 atom stereocenters. The predicted octanol–water partition coefficient (Wildman–Crippen LogP) is 4.50. The van der Waals surface area contributed by atoms with Gasteiger partial charge in [0.15, 0.2) is 0 Å². The van der Waals surface area contributed by atoms with E-state index < -0.39 is 5.82 Å². The molecule has 3 aromatic rings. The van der Waals surface area contributed by atoms with Crippen LogP contribution in [-0.2, 0) is 17.9 Å². The number of benzene rings is 2. The molecule has 2 amide bonds. The van der Waals surface area contributed by atoms with Gasteiger partial charge in [-0.1, -0.05) is 36.4 Å². The summed E-state index contributed by atoms with van der Waals surface area (Å²) in [6, 6.07) is 18.5. The maximum absolute atomic E-state index is 13.6. The van der Waals surface area contributed by atoms with Crippen molar-refractivity contribution >= 4 is 11.8 Å². The van der Waals surface area contributed by atoms with E-state index in [1.165, 1.54) is 23.1 Å². The molecule has 2 aromatic carbocycles. The lowest BCUT2D eigenvalue weighted by Crippen LogP contribution is -2.45. The summed E-state index contributed by atoms with van der Waals surface area (Å²) >= 11 is 0. The number of hydrogen-bond acceptors (Lipinski definition) is 3. The van der Waals surface area contributed by atoms with Crippen LogP contribution in [0.15, 0.2) is 77.4 Å². The zero-order valence-corrected chi connectivity index (χ0v) is 17.1. The Kier molecular flexibility index (Phi) is 7.01. The maximum Gasteiger partial charge on any atom is 0.254 e. The Morgan fingerprint density at radius 2 is 1.73 bits per heavy atom. The normalized spacial score (nSPS) is 10.8. The van der Waals surface area contributed by atoms with Gasteiger partial charge in [-0.15, -0.1) is 0 Å². The van der Waals surface area contributed by atoms with Crippen molar-refractivity contribution in [1.29, 1.82) is 0 Å². The summed E-state index contributed by atoms with van der Waals surface area (Å²) in [5.74, 6) is -0.421. The lowest BCUT2D eigenvalue weighted by molar-refractivity contribution is -0.133. The molecule has 0 radical (unpaired) electrons. The van der Waals surface area contributed by atoms with Gasteiger partial charge in [-0.2, -0.15) is 0 Å². The van der Waals surface area contributed by atoms with Crippen LogP contribution in [0.2, 0.25) is 0 Å². The highest BCUT2D eigenvalue weighted by Crippen LogP contribution is 2.15. The van der Waals surface area contributed by atoms with Gasteiger partial charge in [0.2, 0.25) is 5.91 Å². The molecule has 1 heterocycles. The topological polar surface area (TPSA) is 53.8 Å². The molecule has 5 nitrogen and oxygen atoms in total. The number of rotatable bonds is 8. The van der Waals surface area contributed by atoms with Gasteiger partial charge >= 0.3 is 0 Å². The highest BCUT2D eigenvalue weighted by atomic mass is 19.1. The minimum absolute atomic E-state index is 0.111. The van der Waals surface area contributed by atoms with Crippen molar-refractivity contribution in [2.45, 2.75) is 33.0 Å². The summed E-state index contributed by atoms with van der Waals surface area (Å²) in [6.07, 6.45) is 1.56. The van der Waals surface area contributed by atoms with Crippen molar-refractivity contribution in [3.8, 4) is 0 Å². The van der Waals surface area contributed by atoms with Crippen molar-refractivity contribution in [3.63, 3.8) is 0 Å². The third-order valence-corrected chi connectivity index (χ3v) is 4.76. The van der Waals surface area contributed by atoms with Gasteiger partial charge in [0.25, 0.3) is 5.91 Å². The lowest BCUT2D eigenvalue weighted by atomic mass is 10.1. The SMILES string of the molecule is CC(C)N(CC(=O)N(Cc1ccccc1)Cc1ccco1)C(=O)c1cccc(F)c1. The van der Waals surface area contributed by atoms with Gasteiger partial charge in [-0.05, 0) is 49.7 Å². The highest BCUT2D eigenvalue weighted by molar-refractivity contribution is 5.96. The average Bonchev–Trinajstić information content (AvgIpc) is 3.24. The van der Waals surface area contributed by atoms with Crippen LogP contribution in [0.3, 0.4) is 0 Å². The average molecular weight is 408 g/mol. The van der Waals surface area contributed by atoms with Crippen LogP contribution in [0.5, 0.6) is 0 Å². The molecule has 0 spiro atoms. The molecule has 0 saturated heterocycles. The fourth-order valence-corrected chi connectivity index (χ4v) is 3.15. The molecule has 0 aliphatic carbocycles. The van der Waals surface area contributed by atoms with Gasteiger partial charge < -0.3 is 14.2 Å². The molecular formula is C24H25FN2O3. The maximum atomic E-state index is 13.6. The Balaban J connectivity index is 1.79. The van der Waals surface area contributed by atoms with E-state index in [1.807, 2.05) is 50.2 Å². The third kappa shape index (κ3) is 5.56. The standard InChI is InChI=1S/C24H25FN2O3/c1-18(2)27(24(29)20-10-6-11-21(25)14-20)17-23(28)26(16-22-12-7-13-30-22)15-19-8-4-3-5-9-19/h3-14,18H,15-17H2,1-2H3. The van der Waals surface area contributed by atoms with Crippen LogP contribution in [-0.4, -0.2) is 34.2 Å². The second-order valence-corrected chi connectivity index (χ2v) is 7.35. The van der Waals surface area contributed by atoms with Gasteiger partial charge in [-0.25, -0.2) is 4.39 Å². The van der Waals surface area contributed by atoms with E-state index in [-0.39, 0.29) is 30.0 Å². The summed E-state index contributed by atoms with van der Waals surface area (Å²) in [7, 11) is 0. The minimum atomic E-state index is -0.487. The first-order chi connectivity index (χ1) is 14.4. The molecule has 0 fully saturated rings. The lowest BCUT2D eigenvalue weighted by Gasteiger charge is -2.30. The molecule has 30 heavy (non-hydrogen) atoms. The van der Waals surface area contributed by atoms with Crippen molar-refractivity contribution in [2.24, 2.45) is 0 Å². The largest absolute Gasteiger partial charge is 0.467 e. The van der Waals surface area contributed by atoms with Gasteiger partial charge in [0.05, 0.1) is 12.8 Å². The molecule has 0 aliphatic rings. The van der Waals surface area contributed by atoms with Crippen molar-refractivity contribution in [2.75, 3.05) is 6.54 Å². The first kappa shape index (κ1) is 21.3. The van der Waals surface area contributed by atoms with E-state index in [0.717, 1.165) is 5.56 Å². The van der Waals surface area contributed by atoms with Gasteiger partial charge in [0, 0.05) is 18.2 Å². The molecule has 6 heteroatoms. The van der Waals surface area contributed by atoms with Crippen LogP contribution in [0.4, 0.5) is 4.39 Å². The minimum Gasteiger partial charge on any atom is -0.467 e. The van der Waals surface area contributed by atoms with Gasteiger partial charge in [0.1, 0.15) is 18.1 Å². The molecule has 156 valence electrons. The Labute approximate surface area is 175 Å². The molecule has 0 N–H and O–H groups in total. The number of amides is 2. The summed E-state index contributed by atoms with van der Waals surface area (Å²) in [6.45, 7) is 4.24. The Hall–Kier alpha value is -3.41. The van der Waals surface area contributed by atoms with Gasteiger partial charge in [-0.3, -0.25) is 9.59 Å². The number of carbonyl (C=O) groups excluding carboxylic acids is 2. The Morgan fingerprint density at radius 1 is 0.967 bits per heavy atom. The molecule has 0 unspecified atom stereocenters. The first-order valence-corrected chi connectivity index (χ1v) is 9.84. The van der Waals surface area contributed by atoms with Crippen LogP contribution in [0.1, 0.15) is 35.5 Å². The summed E-state index contributed by atoms with van der Waals surface area (Å²) < 4.78 is 19.0. The van der Waals surface area contributed by atoms with Crippen molar-refractivity contribution in [1.82, 2.24) is 9.80 Å². The smallest absolute Gasteiger partial charge is 0.254 e. The Morgan fingerprint density at radius 3 is 2.37 bits per heavy atom. The van der Waals surface area contributed by atoms with Crippen molar-refractivity contribution in [3.05, 3.63) is 95.7 Å². The van der Waals surface area contributed by atoms with Crippen LogP contribution < -0.4 is 0 Å². The zero-order chi connectivity index (χ0) is 21.5. The second-order valence-electron chi connectivity index (χ2n) is 7.35. The molecule has 0 aliphatic heterocycles. The Bertz CT molecular complexity index is 971. The van der Waals surface area contributed by atoms with Crippen LogP contribution in [0.25, 0.3) is 0 Å². The van der Waals surface area contributed by atoms with Crippen LogP contribution >= 0.6 is 0 Å². The molecule has 0 saturated carbocycles. The first-order valence-electron chi connectivity index (χ1n) is 9.84. The van der Waals surface area contributed by atoms with E-state index in [4.69, 9.17) is 4.42 Å². The number of carbonyl (C=O) groups is 2. The molecular weight excluding hydrogens is 383 g/mol. The second kappa shape index (κ2) is 9.87. The summed E-state index contributed by atoms with van der Waals surface area (Å²) in [5.41, 5.74) is 1.20. The fourth-order valence-electron chi connectivity index (χ4n) is 3.15. The quantitative estimate of drug-likeness (QED) is 0.552. The van der Waals surface area contributed by atoms with E-state index in [9.17, 15) is 14.0 Å².